The van der Waals surface area contributed by atoms with Crippen molar-refractivity contribution in [2.24, 2.45) is 0 Å². The molecule has 6 rings (SSSR count). The number of carbonyl (C=O) groups is 2. The number of esters is 1. The van der Waals surface area contributed by atoms with Crippen LogP contribution in [0, 0.1) is 0 Å². The van der Waals surface area contributed by atoms with Crippen LogP contribution >= 0.6 is 0 Å². The Bertz CT molecular complexity index is 1840. The summed E-state index contributed by atoms with van der Waals surface area (Å²) < 4.78 is 18.0. The highest BCUT2D eigenvalue weighted by atomic mass is 16.6. The lowest BCUT2D eigenvalue weighted by Crippen LogP contribution is -2.46. The molecule has 0 bridgehead atoms. The standard InChI is InChI=1S/C31H30N6O7/c1-17(39)43-22-11-10-19(12-23(22)42-2)30(41)36-25-27(40)24(14-38)44-31(25)37-16-35-26-28(33-15-34-29(26)37)32-13-20-8-5-7-18-6-3-4-9-21(18)20/h3-12,15-16,24-25,27,31,38,40H,13-14H2,1-2H3,(H,36,41)(H,32,33,34)/t24-,25-,27-,31-/m1/s1. The minimum atomic E-state index is -1.25. The second kappa shape index (κ2) is 12.2. The zero-order valence-corrected chi connectivity index (χ0v) is 23.9. The van der Waals surface area contributed by atoms with Gasteiger partial charge in [-0.1, -0.05) is 42.5 Å². The van der Waals surface area contributed by atoms with E-state index in [9.17, 15) is 19.8 Å². The summed E-state index contributed by atoms with van der Waals surface area (Å²) in [5.41, 5.74) is 2.15. The van der Waals surface area contributed by atoms with Gasteiger partial charge in [0, 0.05) is 19.0 Å². The molecule has 4 N–H and O–H groups in total. The molecule has 1 aliphatic rings. The van der Waals surface area contributed by atoms with E-state index in [-0.39, 0.29) is 17.1 Å². The summed E-state index contributed by atoms with van der Waals surface area (Å²) in [6.07, 6.45) is -0.297. The van der Waals surface area contributed by atoms with Crippen LogP contribution in [0.4, 0.5) is 5.82 Å². The third-order valence-electron chi connectivity index (χ3n) is 7.49. The molecule has 0 radical (unpaired) electrons. The molecule has 3 aromatic carbocycles. The molecule has 13 heteroatoms. The Morgan fingerprint density at radius 1 is 1.05 bits per heavy atom. The first-order valence-electron chi connectivity index (χ1n) is 13.9. The Morgan fingerprint density at radius 2 is 1.86 bits per heavy atom. The van der Waals surface area contributed by atoms with E-state index < -0.39 is 43.0 Å². The Balaban J connectivity index is 1.26. The number of amides is 1. The fraction of sp³-hybridized carbons (Fsp3) is 0.258. The molecule has 1 saturated heterocycles. The number of aliphatic hydroxyl groups excluding tert-OH is 2. The number of methoxy groups -OCH3 is 1. The van der Waals surface area contributed by atoms with E-state index in [1.807, 2.05) is 24.3 Å². The molecule has 2 aromatic heterocycles. The lowest BCUT2D eigenvalue weighted by molar-refractivity contribution is -0.132. The summed E-state index contributed by atoms with van der Waals surface area (Å²) >= 11 is 0. The quantitative estimate of drug-likeness (QED) is 0.145. The van der Waals surface area contributed by atoms with Gasteiger partial charge in [0.25, 0.3) is 5.91 Å². The Morgan fingerprint density at radius 3 is 2.66 bits per heavy atom. The zero-order chi connectivity index (χ0) is 30.8. The molecule has 4 atom stereocenters. The fourth-order valence-corrected chi connectivity index (χ4v) is 5.37. The lowest BCUT2D eigenvalue weighted by atomic mass is 10.0. The molecule has 13 nitrogen and oxygen atoms in total. The number of benzene rings is 3. The van der Waals surface area contributed by atoms with Crippen molar-refractivity contribution in [2.45, 2.75) is 37.9 Å². The first-order valence-corrected chi connectivity index (χ1v) is 13.9. The molecule has 44 heavy (non-hydrogen) atoms. The third kappa shape index (κ3) is 5.51. The smallest absolute Gasteiger partial charge is 0.308 e. The van der Waals surface area contributed by atoms with Gasteiger partial charge in [-0.15, -0.1) is 0 Å². The van der Waals surface area contributed by atoms with E-state index >= 15 is 0 Å². The van der Waals surface area contributed by atoms with Gasteiger partial charge in [-0.05, 0) is 34.5 Å². The van der Waals surface area contributed by atoms with E-state index in [4.69, 9.17) is 14.2 Å². The molecule has 1 amide bonds. The minimum absolute atomic E-state index is 0.161. The predicted molar refractivity (Wildman–Crippen MR) is 159 cm³/mol. The highest BCUT2D eigenvalue weighted by Crippen LogP contribution is 2.34. The van der Waals surface area contributed by atoms with Gasteiger partial charge in [-0.2, -0.15) is 0 Å². The van der Waals surface area contributed by atoms with E-state index in [0.717, 1.165) is 16.3 Å². The van der Waals surface area contributed by atoms with Crippen LogP contribution in [0.3, 0.4) is 0 Å². The largest absolute Gasteiger partial charge is 0.493 e. The van der Waals surface area contributed by atoms with Crippen LogP contribution < -0.4 is 20.1 Å². The molecule has 3 heterocycles. The number of aliphatic hydroxyl groups is 2. The van der Waals surface area contributed by atoms with Crippen LogP contribution in [-0.4, -0.2) is 73.6 Å². The second-order valence-corrected chi connectivity index (χ2v) is 10.2. The SMILES string of the molecule is COc1cc(C(=O)N[C@@H]2[C@H](O)[C@@H](CO)O[C@H]2n2cnc3c(NCc4cccc5ccccc45)ncnc32)ccc1OC(C)=O. The van der Waals surface area contributed by atoms with Gasteiger partial charge in [-0.3, -0.25) is 14.2 Å². The summed E-state index contributed by atoms with van der Waals surface area (Å²) in [6.45, 7) is 1.27. The van der Waals surface area contributed by atoms with Crippen molar-refractivity contribution < 1.29 is 34.0 Å². The first kappa shape index (κ1) is 29.0. The number of ether oxygens (including phenoxy) is 3. The number of rotatable bonds is 9. The van der Waals surface area contributed by atoms with Gasteiger partial charge in [0.15, 0.2) is 34.7 Å². The van der Waals surface area contributed by atoms with E-state index in [0.29, 0.717) is 23.5 Å². The molecular weight excluding hydrogens is 568 g/mol. The average Bonchev–Trinajstić information content (AvgIpc) is 3.60. The molecule has 226 valence electrons. The van der Waals surface area contributed by atoms with E-state index in [2.05, 4.69) is 43.8 Å². The molecule has 5 aromatic rings. The van der Waals surface area contributed by atoms with Crippen molar-refractivity contribution in [2.75, 3.05) is 19.0 Å². The Hall–Kier alpha value is -5.11. The van der Waals surface area contributed by atoms with Crippen LogP contribution in [0.25, 0.3) is 21.9 Å². The summed E-state index contributed by atoms with van der Waals surface area (Å²) in [7, 11) is 1.39. The lowest BCUT2D eigenvalue weighted by Gasteiger charge is -2.23. The molecule has 1 fully saturated rings. The average molecular weight is 599 g/mol. The van der Waals surface area contributed by atoms with Crippen molar-refractivity contribution in [3.05, 3.63) is 84.4 Å². The van der Waals surface area contributed by atoms with Crippen molar-refractivity contribution in [3.8, 4) is 11.5 Å². The topological polar surface area (TPSA) is 170 Å². The van der Waals surface area contributed by atoms with Crippen molar-refractivity contribution in [1.82, 2.24) is 24.8 Å². The van der Waals surface area contributed by atoms with Crippen LogP contribution in [0.5, 0.6) is 11.5 Å². The normalized spacial score (nSPS) is 19.6. The van der Waals surface area contributed by atoms with Crippen LogP contribution in [0.15, 0.2) is 73.3 Å². The van der Waals surface area contributed by atoms with Crippen molar-refractivity contribution in [3.63, 3.8) is 0 Å². The number of carbonyl (C=O) groups excluding carboxylic acids is 2. The van der Waals surface area contributed by atoms with Crippen LogP contribution in [0.1, 0.15) is 29.1 Å². The van der Waals surface area contributed by atoms with Gasteiger partial charge in [0.1, 0.15) is 24.6 Å². The molecule has 0 aliphatic carbocycles. The van der Waals surface area contributed by atoms with E-state index in [1.54, 1.807) is 4.57 Å². The van der Waals surface area contributed by atoms with Gasteiger partial charge in [0.2, 0.25) is 0 Å². The Kier molecular flexibility index (Phi) is 8.07. The monoisotopic (exact) mass is 598 g/mol. The third-order valence-corrected chi connectivity index (χ3v) is 7.49. The highest BCUT2D eigenvalue weighted by molar-refractivity contribution is 5.95. The highest BCUT2D eigenvalue weighted by Gasteiger charge is 2.46. The van der Waals surface area contributed by atoms with E-state index in [1.165, 1.54) is 44.9 Å². The molecule has 0 unspecified atom stereocenters. The molecular formula is C31H30N6O7. The second-order valence-electron chi connectivity index (χ2n) is 10.2. The maximum atomic E-state index is 13.3. The minimum Gasteiger partial charge on any atom is -0.493 e. The maximum absolute atomic E-state index is 13.3. The number of fused-ring (bicyclic) bond motifs is 2. The first-order chi connectivity index (χ1) is 21.4. The number of hydrogen-bond acceptors (Lipinski definition) is 11. The number of nitrogens with zero attached hydrogens (tertiary/aromatic N) is 4. The number of aromatic nitrogens is 4. The van der Waals surface area contributed by atoms with Crippen LogP contribution in [0.2, 0.25) is 0 Å². The number of imidazole rings is 1. The number of nitrogens with one attached hydrogen (secondary N) is 2. The van der Waals surface area contributed by atoms with Crippen LogP contribution in [-0.2, 0) is 16.1 Å². The van der Waals surface area contributed by atoms with Gasteiger partial charge in [-0.25, -0.2) is 15.0 Å². The summed E-state index contributed by atoms with van der Waals surface area (Å²) in [5, 5.41) is 29.3. The summed E-state index contributed by atoms with van der Waals surface area (Å²) in [5.74, 6) is -0.243. The molecule has 0 spiro atoms. The van der Waals surface area contributed by atoms with Gasteiger partial charge < -0.3 is 35.1 Å². The molecule has 0 saturated carbocycles. The summed E-state index contributed by atoms with van der Waals surface area (Å²) in [4.78, 5) is 38.0. The maximum Gasteiger partial charge on any atom is 0.308 e. The van der Waals surface area contributed by atoms with Gasteiger partial charge >= 0.3 is 5.97 Å². The fourth-order valence-electron chi connectivity index (χ4n) is 5.37. The predicted octanol–water partition coefficient (Wildman–Crippen LogP) is 2.57. The number of anilines is 1. The summed E-state index contributed by atoms with van der Waals surface area (Å²) in [6, 6.07) is 17.6. The zero-order valence-electron chi connectivity index (χ0n) is 23.9. The Labute approximate surface area is 251 Å². The molecule has 1 aliphatic heterocycles. The van der Waals surface area contributed by atoms with Crippen molar-refractivity contribution in [1.29, 1.82) is 0 Å². The van der Waals surface area contributed by atoms with Gasteiger partial charge in [0.05, 0.1) is 20.0 Å². The number of hydrogen-bond donors (Lipinski definition) is 4. The van der Waals surface area contributed by atoms with Crippen molar-refractivity contribution >= 4 is 39.6 Å².